The lowest BCUT2D eigenvalue weighted by atomic mass is 10.1. The van der Waals surface area contributed by atoms with Crippen LogP contribution in [0.1, 0.15) is 12.0 Å². The van der Waals surface area contributed by atoms with Crippen molar-refractivity contribution in [3.8, 4) is 17.0 Å². The van der Waals surface area contributed by atoms with Crippen LogP contribution in [0.2, 0.25) is 0 Å². The van der Waals surface area contributed by atoms with Gasteiger partial charge in [0.1, 0.15) is 11.6 Å². The molecule has 0 saturated heterocycles. The maximum absolute atomic E-state index is 13.0. The second kappa shape index (κ2) is 9.79. The van der Waals surface area contributed by atoms with E-state index in [0.29, 0.717) is 23.0 Å². The molecule has 1 heterocycles. The number of hydrogen-bond acceptors (Lipinski definition) is 6. The Labute approximate surface area is 171 Å². The SMILES string of the molecule is COc1ccccc1CCC(=O)OCC(=O)Nc1nc(-c2ccc(F)cc2)cs1. The monoisotopic (exact) mass is 414 g/mol. The van der Waals surface area contributed by atoms with E-state index in [-0.39, 0.29) is 12.2 Å². The minimum Gasteiger partial charge on any atom is -0.496 e. The molecule has 150 valence electrons. The Morgan fingerprint density at radius 3 is 2.66 bits per heavy atom. The summed E-state index contributed by atoms with van der Waals surface area (Å²) in [6, 6.07) is 13.3. The highest BCUT2D eigenvalue weighted by Crippen LogP contribution is 2.25. The van der Waals surface area contributed by atoms with Crippen molar-refractivity contribution in [2.24, 2.45) is 0 Å². The topological polar surface area (TPSA) is 77.5 Å². The average molecular weight is 414 g/mol. The molecule has 0 bridgehead atoms. The molecule has 1 aromatic heterocycles. The van der Waals surface area contributed by atoms with E-state index >= 15 is 0 Å². The van der Waals surface area contributed by atoms with Crippen LogP contribution >= 0.6 is 11.3 Å². The summed E-state index contributed by atoms with van der Waals surface area (Å²) >= 11 is 1.23. The number of methoxy groups -OCH3 is 1. The van der Waals surface area contributed by atoms with Crippen molar-refractivity contribution < 1.29 is 23.5 Å². The van der Waals surface area contributed by atoms with Crippen LogP contribution < -0.4 is 10.1 Å². The lowest BCUT2D eigenvalue weighted by Crippen LogP contribution is -2.21. The Kier molecular flexibility index (Phi) is 6.91. The summed E-state index contributed by atoms with van der Waals surface area (Å²) in [7, 11) is 1.57. The lowest BCUT2D eigenvalue weighted by molar-refractivity contribution is -0.147. The smallest absolute Gasteiger partial charge is 0.306 e. The molecule has 0 radical (unpaired) electrons. The molecule has 0 spiro atoms. The molecule has 0 aliphatic rings. The number of nitrogens with zero attached hydrogens (tertiary/aromatic N) is 1. The molecule has 2 aromatic carbocycles. The fraction of sp³-hybridized carbons (Fsp3) is 0.190. The quantitative estimate of drug-likeness (QED) is 0.562. The van der Waals surface area contributed by atoms with Gasteiger partial charge in [-0.1, -0.05) is 18.2 Å². The van der Waals surface area contributed by atoms with Gasteiger partial charge in [0, 0.05) is 17.4 Å². The van der Waals surface area contributed by atoms with E-state index in [4.69, 9.17) is 9.47 Å². The van der Waals surface area contributed by atoms with Crippen LogP contribution in [0.15, 0.2) is 53.9 Å². The first-order valence-electron chi connectivity index (χ1n) is 8.84. The van der Waals surface area contributed by atoms with E-state index in [9.17, 15) is 14.0 Å². The van der Waals surface area contributed by atoms with Gasteiger partial charge in [0.2, 0.25) is 0 Å². The number of para-hydroxylation sites is 1. The zero-order valence-corrected chi connectivity index (χ0v) is 16.5. The predicted octanol–water partition coefficient (Wildman–Crippen LogP) is 4.07. The summed E-state index contributed by atoms with van der Waals surface area (Å²) in [6.45, 7) is -0.393. The van der Waals surface area contributed by atoms with Crippen LogP contribution in [0.4, 0.5) is 9.52 Å². The molecule has 0 fully saturated rings. The molecule has 3 aromatic rings. The Morgan fingerprint density at radius 2 is 1.90 bits per heavy atom. The summed E-state index contributed by atoms with van der Waals surface area (Å²) in [5.41, 5.74) is 2.26. The van der Waals surface area contributed by atoms with Crippen molar-refractivity contribution in [3.05, 3.63) is 65.3 Å². The number of anilines is 1. The van der Waals surface area contributed by atoms with E-state index in [1.54, 1.807) is 24.6 Å². The van der Waals surface area contributed by atoms with Crippen molar-refractivity contribution in [1.29, 1.82) is 0 Å². The highest BCUT2D eigenvalue weighted by atomic mass is 32.1. The molecular formula is C21H19FN2O4S. The van der Waals surface area contributed by atoms with E-state index in [2.05, 4.69) is 10.3 Å². The summed E-state index contributed by atoms with van der Waals surface area (Å²) < 4.78 is 23.3. The zero-order chi connectivity index (χ0) is 20.6. The number of esters is 1. The number of rotatable bonds is 8. The molecule has 0 atom stereocenters. The van der Waals surface area contributed by atoms with Crippen LogP contribution in [0, 0.1) is 5.82 Å². The van der Waals surface area contributed by atoms with Gasteiger partial charge in [0.15, 0.2) is 11.7 Å². The van der Waals surface area contributed by atoms with Crippen molar-refractivity contribution >= 4 is 28.3 Å². The number of benzene rings is 2. The van der Waals surface area contributed by atoms with Crippen LogP contribution in [0.3, 0.4) is 0 Å². The fourth-order valence-corrected chi connectivity index (χ4v) is 3.34. The van der Waals surface area contributed by atoms with Gasteiger partial charge in [-0.15, -0.1) is 11.3 Å². The Morgan fingerprint density at radius 1 is 1.14 bits per heavy atom. The number of ether oxygens (including phenoxy) is 2. The van der Waals surface area contributed by atoms with Gasteiger partial charge in [-0.25, -0.2) is 9.37 Å². The minimum atomic E-state index is -0.476. The van der Waals surface area contributed by atoms with Crippen molar-refractivity contribution in [3.63, 3.8) is 0 Å². The number of thiazole rings is 1. The number of halogens is 1. The minimum absolute atomic E-state index is 0.139. The first-order valence-corrected chi connectivity index (χ1v) is 9.72. The second-order valence-electron chi connectivity index (χ2n) is 6.07. The standard InChI is InChI=1S/C21H19FN2O4S/c1-27-18-5-3-2-4-15(18)8-11-20(26)28-12-19(25)24-21-23-17(13-29-21)14-6-9-16(22)10-7-14/h2-7,9-10,13H,8,11-12H2,1H3,(H,23,24,25). The summed E-state index contributed by atoms with van der Waals surface area (Å²) in [5, 5.41) is 4.71. The van der Waals surface area contributed by atoms with Gasteiger partial charge < -0.3 is 9.47 Å². The fourth-order valence-electron chi connectivity index (χ4n) is 2.60. The highest BCUT2D eigenvalue weighted by molar-refractivity contribution is 7.14. The lowest BCUT2D eigenvalue weighted by Gasteiger charge is -2.08. The largest absolute Gasteiger partial charge is 0.496 e. The Hall–Kier alpha value is -3.26. The molecule has 0 unspecified atom stereocenters. The number of carbonyl (C=O) groups excluding carboxylic acids is 2. The highest BCUT2D eigenvalue weighted by Gasteiger charge is 2.12. The molecule has 0 saturated carbocycles. The molecule has 0 aliphatic carbocycles. The van der Waals surface area contributed by atoms with Crippen molar-refractivity contribution in [2.45, 2.75) is 12.8 Å². The molecule has 1 amide bonds. The van der Waals surface area contributed by atoms with Crippen LogP contribution in [0.25, 0.3) is 11.3 Å². The number of aryl methyl sites for hydroxylation is 1. The number of carbonyl (C=O) groups is 2. The van der Waals surface area contributed by atoms with Gasteiger partial charge in [-0.2, -0.15) is 0 Å². The molecule has 0 aliphatic heterocycles. The third kappa shape index (κ3) is 5.86. The van der Waals surface area contributed by atoms with Gasteiger partial charge in [0.25, 0.3) is 5.91 Å². The number of nitrogens with one attached hydrogen (secondary N) is 1. The predicted molar refractivity (Wildman–Crippen MR) is 108 cm³/mol. The molecule has 8 heteroatoms. The van der Waals surface area contributed by atoms with Gasteiger partial charge in [-0.3, -0.25) is 14.9 Å². The first kappa shape index (κ1) is 20.5. The van der Waals surface area contributed by atoms with E-state index in [1.165, 1.54) is 23.5 Å². The van der Waals surface area contributed by atoms with E-state index in [1.807, 2.05) is 24.3 Å². The van der Waals surface area contributed by atoms with Crippen LogP contribution in [0.5, 0.6) is 5.75 Å². The average Bonchev–Trinajstić information content (AvgIpc) is 3.19. The summed E-state index contributed by atoms with van der Waals surface area (Å²) in [6.07, 6.45) is 0.595. The third-order valence-corrected chi connectivity index (χ3v) is 4.80. The zero-order valence-electron chi connectivity index (χ0n) is 15.7. The summed E-state index contributed by atoms with van der Waals surface area (Å²) in [5.74, 6) is -0.573. The van der Waals surface area contributed by atoms with Crippen LogP contribution in [-0.2, 0) is 20.7 Å². The van der Waals surface area contributed by atoms with E-state index in [0.717, 1.165) is 11.1 Å². The van der Waals surface area contributed by atoms with Crippen molar-refractivity contribution in [1.82, 2.24) is 4.98 Å². The second-order valence-corrected chi connectivity index (χ2v) is 6.92. The van der Waals surface area contributed by atoms with Gasteiger partial charge >= 0.3 is 5.97 Å². The first-order chi connectivity index (χ1) is 14.0. The molecular weight excluding hydrogens is 395 g/mol. The van der Waals surface area contributed by atoms with Crippen LogP contribution in [-0.4, -0.2) is 30.6 Å². The van der Waals surface area contributed by atoms with Gasteiger partial charge in [-0.05, 0) is 42.3 Å². The summed E-state index contributed by atoms with van der Waals surface area (Å²) in [4.78, 5) is 28.2. The molecule has 6 nitrogen and oxygen atoms in total. The number of amides is 1. The molecule has 29 heavy (non-hydrogen) atoms. The van der Waals surface area contributed by atoms with Gasteiger partial charge in [0.05, 0.1) is 12.8 Å². The Balaban J connectivity index is 1.45. The Bertz CT molecular complexity index is 988. The maximum Gasteiger partial charge on any atom is 0.306 e. The van der Waals surface area contributed by atoms with Crippen molar-refractivity contribution in [2.75, 3.05) is 19.0 Å². The molecule has 1 N–H and O–H groups in total. The number of aromatic nitrogens is 1. The normalized spacial score (nSPS) is 10.4. The third-order valence-electron chi connectivity index (χ3n) is 4.05. The van der Waals surface area contributed by atoms with E-state index < -0.39 is 18.5 Å². The maximum atomic E-state index is 13.0. The molecule has 3 rings (SSSR count). The number of hydrogen-bond donors (Lipinski definition) is 1.